The summed E-state index contributed by atoms with van der Waals surface area (Å²) >= 11 is 0. The minimum Gasteiger partial charge on any atom is -0.744 e. The topological polar surface area (TPSA) is 114 Å². The number of hydrogen-bond acceptors (Lipinski definition) is 6. The first-order valence-electron chi connectivity index (χ1n) is 6.80. The summed E-state index contributed by atoms with van der Waals surface area (Å²) in [6.45, 7) is 0. The van der Waals surface area contributed by atoms with Crippen LogP contribution < -0.4 is 103 Å². The molecule has 0 saturated carbocycles. The molecule has 122 valence electrons. The van der Waals surface area contributed by atoms with Gasteiger partial charge >= 0.3 is 103 Å². The van der Waals surface area contributed by atoms with E-state index in [-0.39, 0.29) is 123 Å². The van der Waals surface area contributed by atoms with E-state index in [9.17, 15) is 25.9 Å². The van der Waals surface area contributed by atoms with E-state index in [1.807, 2.05) is 0 Å². The third kappa shape index (κ3) is 3.87. The molecule has 4 aromatic rings. The molecule has 0 amide bonds. The molecule has 0 N–H and O–H groups in total. The summed E-state index contributed by atoms with van der Waals surface area (Å²) < 4.78 is 69.0. The summed E-state index contributed by atoms with van der Waals surface area (Å²) in [6.07, 6.45) is 0. The molecule has 0 aromatic heterocycles. The van der Waals surface area contributed by atoms with Crippen molar-refractivity contribution in [3.63, 3.8) is 0 Å². The molecule has 26 heavy (non-hydrogen) atoms. The Labute approximate surface area is 235 Å². The van der Waals surface area contributed by atoms with Crippen molar-refractivity contribution in [1.29, 1.82) is 0 Å². The summed E-state index contributed by atoms with van der Waals surface area (Å²) in [5.74, 6) is 0. The van der Waals surface area contributed by atoms with Gasteiger partial charge in [0.1, 0.15) is 20.2 Å². The van der Waals surface area contributed by atoms with Crippen LogP contribution in [0.1, 0.15) is 0 Å². The van der Waals surface area contributed by atoms with Crippen LogP contribution in [0.15, 0.2) is 58.3 Å². The van der Waals surface area contributed by atoms with E-state index in [1.54, 1.807) is 12.1 Å². The SMILES string of the molecule is O=S(=O)([O-])c1ccc2ccc3c(S(=O)(=O)[O-])ccc4ccc1c2c43.[K+].[K+]. The molecule has 0 aliphatic heterocycles. The predicted octanol–water partition coefficient (Wildman–Crippen LogP) is -3.60. The molecule has 6 nitrogen and oxygen atoms in total. The molecule has 0 unspecified atom stereocenters. The van der Waals surface area contributed by atoms with Crippen molar-refractivity contribution in [2.75, 3.05) is 0 Å². The van der Waals surface area contributed by atoms with Crippen LogP contribution in [0, 0.1) is 0 Å². The average Bonchev–Trinajstić information content (AvgIpc) is 2.50. The van der Waals surface area contributed by atoms with E-state index in [0.29, 0.717) is 21.5 Å². The largest absolute Gasteiger partial charge is 1.00 e. The van der Waals surface area contributed by atoms with Crippen molar-refractivity contribution in [3.8, 4) is 0 Å². The Bertz CT molecular complexity index is 1240. The van der Waals surface area contributed by atoms with E-state index >= 15 is 0 Å². The van der Waals surface area contributed by atoms with Crippen LogP contribution in [0.25, 0.3) is 32.3 Å². The average molecular weight is 439 g/mol. The molecule has 0 aliphatic carbocycles. The smallest absolute Gasteiger partial charge is 0.744 e. The molecule has 4 rings (SSSR count). The molecule has 0 bridgehead atoms. The summed E-state index contributed by atoms with van der Waals surface area (Å²) in [4.78, 5) is -0.750. The monoisotopic (exact) mass is 438 g/mol. The Morgan fingerprint density at radius 1 is 0.538 bits per heavy atom. The van der Waals surface area contributed by atoms with Crippen LogP contribution in [0.3, 0.4) is 0 Å². The van der Waals surface area contributed by atoms with E-state index < -0.39 is 20.2 Å². The second kappa shape index (κ2) is 8.03. The molecule has 0 spiro atoms. The van der Waals surface area contributed by atoms with Crippen molar-refractivity contribution in [3.05, 3.63) is 48.5 Å². The standard InChI is InChI=1S/C16H10O6S2.2K/c17-23(18,19)13-8-4-10-2-6-12-14(24(20,21)22)7-3-9-1-5-11(13)16(10)15(9)12;;/h1-8H,(H,17,18,19)(H,20,21,22);;/q;2*+1/p-2. The van der Waals surface area contributed by atoms with Gasteiger partial charge in [-0.3, -0.25) is 0 Å². The maximum absolute atomic E-state index is 11.5. The number of benzene rings is 4. The summed E-state index contributed by atoms with van der Waals surface area (Å²) in [6, 6.07) is 11.7. The van der Waals surface area contributed by atoms with Gasteiger partial charge < -0.3 is 9.11 Å². The number of rotatable bonds is 2. The fourth-order valence-electron chi connectivity index (χ4n) is 3.18. The van der Waals surface area contributed by atoms with Crippen molar-refractivity contribution in [1.82, 2.24) is 0 Å². The van der Waals surface area contributed by atoms with Crippen LogP contribution in [0.2, 0.25) is 0 Å². The minimum absolute atomic E-state index is 0. The van der Waals surface area contributed by atoms with Gasteiger partial charge in [0.25, 0.3) is 0 Å². The summed E-state index contributed by atoms with van der Waals surface area (Å²) in [7, 11) is -9.39. The summed E-state index contributed by atoms with van der Waals surface area (Å²) in [5.41, 5.74) is 0. The molecule has 0 heterocycles. The zero-order chi connectivity index (χ0) is 17.3. The van der Waals surface area contributed by atoms with Crippen LogP contribution in [-0.2, 0) is 20.2 Å². The van der Waals surface area contributed by atoms with Gasteiger partial charge in [-0.15, -0.1) is 0 Å². The maximum atomic E-state index is 11.5. The van der Waals surface area contributed by atoms with Crippen molar-refractivity contribution in [2.24, 2.45) is 0 Å². The van der Waals surface area contributed by atoms with Gasteiger partial charge in [-0.25, -0.2) is 16.8 Å². The van der Waals surface area contributed by atoms with Crippen molar-refractivity contribution < 1.29 is 129 Å². The van der Waals surface area contributed by atoms with Gasteiger partial charge in [-0.05, 0) is 33.7 Å². The molecule has 0 saturated heterocycles. The normalized spacial score (nSPS) is 12.2. The van der Waals surface area contributed by atoms with E-state index in [0.717, 1.165) is 0 Å². The van der Waals surface area contributed by atoms with Gasteiger partial charge in [-0.1, -0.05) is 36.4 Å². The molecule has 10 heteroatoms. The Balaban J connectivity index is 0.00000121. The molecular formula is C16H8K2O6S2. The Morgan fingerprint density at radius 2 is 0.846 bits per heavy atom. The molecular weight excluding hydrogens is 431 g/mol. The second-order valence-corrected chi connectivity index (χ2v) is 8.15. The first kappa shape index (κ1) is 23.3. The molecule has 4 aromatic carbocycles. The van der Waals surface area contributed by atoms with Gasteiger partial charge in [0.15, 0.2) is 0 Å². The number of hydrogen-bond donors (Lipinski definition) is 0. The maximum Gasteiger partial charge on any atom is 1.00 e. The third-order valence-electron chi connectivity index (χ3n) is 4.12. The molecule has 0 radical (unpaired) electrons. The Kier molecular flexibility index (Phi) is 7.20. The van der Waals surface area contributed by atoms with Crippen LogP contribution in [-0.4, -0.2) is 25.9 Å². The fraction of sp³-hybridized carbons (Fsp3) is 0. The Morgan fingerprint density at radius 3 is 1.15 bits per heavy atom. The van der Waals surface area contributed by atoms with Gasteiger partial charge in [-0.2, -0.15) is 0 Å². The van der Waals surface area contributed by atoms with Gasteiger partial charge in [0.2, 0.25) is 0 Å². The minimum atomic E-state index is -4.70. The summed E-state index contributed by atoms with van der Waals surface area (Å²) in [5, 5.41) is 2.62. The first-order chi connectivity index (χ1) is 11.2. The molecule has 0 atom stereocenters. The van der Waals surface area contributed by atoms with Gasteiger partial charge in [0, 0.05) is 10.8 Å². The van der Waals surface area contributed by atoms with Crippen LogP contribution in [0.5, 0.6) is 0 Å². The zero-order valence-electron chi connectivity index (χ0n) is 13.9. The fourth-order valence-corrected chi connectivity index (χ4v) is 4.53. The van der Waals surface area contributed by atoms with Crippen LogP contribution in [0.4, 0.5) is 0 Å². The van der Waals surface area contributed by atoms with E-state index in [4.69, 9.17) is 0 Å². The predicted molar refractivity (Wildman–Crippen MR) is 86.1 cm³/mol. The quantitative estimate of drug-likeness (QED) is 0.181. The van der Waals surface area contributed by atoms with Crippen molar-refractivity contribution >= 4 is 52.6 Å². The van der Waals surface area contributed by atoms with Crippen molar-refractivity contribution in [2.45, 2.75) is 9.79 Å². The van der Waals surface area contributed by atoms with Crippen LogP contribution >= 0.6 is 0 Å². The molecule has 0 fully saturated rings. The van der Waals surface area contributed by atoms with E-state index in [2.05, 4.69) is 0 Å². The zero-order valence-corrected chi connectivity index (χ0v) is 21.8. The first-order valence-corrected chi connectivity index (χ1v) is 9.62. The Hall–Kier alpha value is 1.01. The third-order valence-corrected chi connectivity index (χ3v) is 5.91. The van der Waals surface area contributed by atoms with E-state index in [1.165, 1.54) is 36.4 Å². The molecule has 0 aliphatic rings. The van der Waals surface area contributed by atoms with Gasteiger partial charge in [0.05, 0.1) is 9.79 Å². The second-order valence-electron chi connectivity index (χ2n) is 5.46.